The Morgan fingerprint density at radius 1 is 1.30 bits per heavy atom. The van der Waals surface area contributed by atoms with Gasteiger partial charge in [-0.1, -0.05) is 0 Å². The van der Waals surface area contributed by atoms with Crippen molar-refractivity contribution in [2.45, 2.75) is 25.4 Å². The van der Waals surface area contributed by atoms with E-state index < -0.39 is 30.2 Å². The first-order valence-corrected chi connectivity index (χ1v) is 11.9. The summed E-state index contributed by atoms with van der Waals surface area (Å²) in [7, 11) is 1.53. The summed E-state index contributed by atoms with van der Waals surface area (Å²) in [4.78, 5) is 33.8. The minimum atomic E-state index is -5.08. The number of hydrogen-bond acceptors (Lipinski definition) is 8. The molecule has 3 aromatic rings. The molecule has 2 aliphatic rings. The molecule has 200 valence electrons. The Kier molecular flexibility index (Phi) is 7.32. The Balaban J connectivity index is 0.000000405. The highest BCUT2D eigenvalue weighted by molar-refractivity contribution is 7.17. The molecule has 1 spiro atoms. The van der Waals surface area contributed by atoms with E-state index in [4.69, 9.17) is 14.9 Å². The number of fused-ring (bicyclic) bond motifs is 1. The summed E-state index contributed by atoms with van der Waals surface area (Å²) < 4.78 is 59.4. The number of hydrogen-bond donors (Lipinski definition) is 3. The van der Waals surface area contributed by atoms with Crippen LogP contribution in [-0.2, 0) is 11.8 Å². The van der Waals surface area contributed by atoms with Crippen molar-refractivity contribution in [1.82, 2.24) is 25.1 Å². The van der Waals surface area contributed by atoms with Gasteiger partial charge in [0.25, 0.3) is 12.3 Å². The molecule has 5 rings (SSSR count). The largest absolute Gasteiger partial charge is 0.490 e. The van der Waals surface area contributed by atoms with Crippen molar-refractivity contribution in [3.8, 4) is 0 Å². The van der Waals surface area contributed by atoms with Crippen LogP contribution < -0.4 is 15.5 Å². The van der Waals surface area contributed by atoms with E-state index in [1.165, 1.54) is 42.1 Å². The Bertz CT molecular complexity index is 1310. The molecule has 0 radical (unpaired) electrons. The van der Waals surface area contributed by atoms with Crippen molar-refractivity contribution in [3.05, 3.63) is 29.0 Å². The van der Waals surface area contributed by atoms with Gasteiger partial charge in [-0.05, 0) is 12.8 Å². The smallest absolute Gasteiger partial charge is 0.475 e. The molecule has 2 fully saturated rings. The van der Waals surface area contributed by atoms with Crippen LogP contribution in [0.4, 0.5) is 33.5 Å². The Morgan fingerprint density at radius 2 is 2.00 bits per heavy atom. The average molecular weight is 548 g/mol. The molecule has 37 heavy (non-hydrogen) atoms. The number of alkyl halides is 5. The first kappa shape index (κ1) is 26.7. The lowest BCUT2D eigenvalue weighted by Gasteiger charge is -2.24. The van der Waals surface area contributed by atoms with Crippen molar-refractivity contribution in [3.63, 3.8) is 0 Å². The molecule has 1 saturated heterocycles. The Morgan fingerprint density at radius 3 is 2.62 bits per heavy atom. The summed E-state index contributed by atoms with van der Waals surface area (Å²) in [6.07, 6.45) is -2.34. The number of thiophene rings is 1. The van der Waals surface area contributed by atoms with Crippen molar-refractivity contribution in [1.29, 1.82) is 0 Å². The molecule has 0 atom stereocenters. The molecule has 4 heterocycles. The third kappa shape index (κ3) is 6.12. The maximum Gasteiger partial charge on any atom is 0.490 e. The predicted octanol–water partition coefficient (Wildman–Crippen LogP) is 3.44. The zero-order valence-corrected chi connectivity index (χ0v) is 20.2. The van der Waals surface area contributed by atoms with Crippen LogP contribution in [0.2, 0.25) is 0 Å². The van der Waals surface area contributed by atoms with Gasteiger partial charge in [-0.25, -0.2) is 23.5 Å². The highest BCUT2D eigenvalue weighted by Crippen LogP contribution is 2.46. The summed E-state index contributed by atoms with van der Waals surface area (Å²) in [6, 6.07) is 0. The van der Waals surface area contributed by atoms with E-state index in [2.05, 4.69) is 25.6 Å². The lowest BCUT2D eigenvalue weighted by Crippen LogP contribution is -2.31. The maximum absolute atomic E-state index is 13.2. The zero-order chi connectivity index (χ0) is 27.0. The standard InChI is InChI=1S/C19H21F2N7OS.C2HF3O2/c1-27-7-12(15(26-27)16(20)21)24-17(29)11-8-30-18-14(11)25-13(6-23-18)28-5-4-22-9-19(10-28)2-3-19;3-2(4,5)1(6)7/h6-8,16,22H,2-5,9-10H2,1H3,(H,24,29);(H,6,7). The number of amides is 1. The van der Waals surface area contributed by atoms with Gasteiger partial charge in [-0.2, -0.15) is 18.3 Å². The quantitative estimate of drug-likeness (QED) is 0.425. The summed E-state index contributed by atoms with van der Waals surface area (Å²) >= 11 is 1.31. The number of rotatable bonds is 4. The van der Waals surface area contributed by atoms with Gasteiger partial charge in [0.05, 0.1) is 17.4 Å². The second kappa shape index (κ2) is 10.2. The highest BCUT2D eigenvalue weighted by Gasteiger charge is 2.45. The van der Waals surface area contributed by atoms with E-state index in [1.807, 2.05) is 0 Å². The number of nitrogens with one attached hydrogen (secondary N) is 2. The number of aromatic nitrogens is 4. The van der Waals surface area contributed by atoms with Crippen molar-refractivity contribution >= 4 is 45.1 Å². The monoisotopic (exact) mass is 547 g/mol. The second-order valence-electron chi connectivity index (χ2n) is 8.79. The topological polar surface area (TPSA) is 125 Å². The molecule has 3 N–H and O–H groups in total. The summed E-state index contributed by atoms with van der Waals surface area (Å²) in [5, 5.41) is 18.5. The molecule has 10 nitrogen and oxygen atoms in total. The fourth-order valence-electron chi connectivity index (χ4n) is 3.88. The first-order chi connectivity index (χ1) is 17.4. The Hall–Kier alpha value is -3.40. The van der Waals surface area contributed by atoms with E-state index >= 15 is 0 Å². The number of aryl methyl sites for hydroxylation is 1. The van der Waals surface area contributed by atoms with Crippen LogP contribution in [0.1, 0.15) is 35.3 Å². The molecule has 1 saturated carbocycles. The van der Waals surface area contributed by atoms with Gasteiger partial charge in [0.15, 0.2) is 5.69 Å². The van der Waals surface area contributed by atoms with Gasteiger partial charge in [-0.15, -0.1) is 11.3 Å². The molecular formula is C21H22F5N7O3S. The molecule has 0 bridgehead atoms. The lowest BCUT2D eigenvalue weighted by molar-refractivity contribution is -0.192. The summed E-state index contributed by atoms with van der Waals surface area (Å²) in [5.41, 5.74) is 0.662. The maximum atomic E-state index is 13.2. The number of nitrogens with zero attached hydrogens (tertiary/aromatic N) is 5. The minimum absolute atomic E-state index is 0.00442. The van der Waals surface area contributed by atoms with E-state index in [0.29, 0.717) is 21.3 Å². The number of aliphatic carboxylic acids is 1. The highest BCUT2D eigenvalue weighted by atomic mass is 32.1. The molecule has 16 heteroatoms. The van der Waals surface area contributed by atoms with Gasteiger partial charge in [0.1, 0.15) is 16.2 Å². The van der Waals surface area contributed by atoms with Crippen LogP contribution in [-0.4, -0.2) is 69.1 Å². The van der Waals surface area contributed by atoms with Crippen molar-refractivity contribution in [2.75, 3.05) is 36.4 Å². The van der Waals surface area contributed by atoms with Crippen LogP contribution in [0.15, 0.2) is 17.8 Å². The minimum Gasteiger partial charge on any atom is -0.475 e. The number of halogens is 5. The average Bonchev–Trinajstić information content (AvgIpc) is 3.37. The lowest BCUT2D eigenvalue weighted by atomic mass is 10.1. The van der Waals surface area contributed by atoms with Crippen molar-refractivity contribution < 1.29 is 36.6 Å². The normalized spacial score (nSPS) is 16.9. The number of carbonyl (C=O) groups excluding carboxylic acids is 1. The van der Waals surface area contributed by atoms with E-state index in [1.54, 1.807) is 11.6 Å². The van der Waals surface area contributed by atoms with E-state index in [9.17, 15) is 26.7 Å². The Labute approximate surface area is 210 Å². The van der Waals surface area contributed by atoms with Crippen LogP contribution in [0, 0.1) is 5.41 Å². The third-order valence-corrected chi connectivity index (χ3v) is 6.81. The van der Waals surface area contributed by atoms with E-state index in [0.717, 1.165) is 32.0 Å². The zero-order valence-electron chi connectivity index (χ0n) is 19.3. The predicted molar refractivity (Wildman–Crippen MR) is 124 cm³/mol. The number of carboxylic acid groups (broad SMARTS) is 1. The summed E-state index contributed by atoms with van der Waals surface area (Å²) in [6.45, 7) is 3.62. The molecule has 1 aliphatic carbocycles. The molecule has 3 aromatic heterocycles. The van der Waals surface area contributed by atoms with E-state index in [-0.39, 0.29) is 5.69 Å². The van der Waals surface area contributed by atoms with Crippen LogP contribution in [0.25, 0.3) is 10.3 Å². The summed E-state index contributed by atoms with van der Waals surface area (Å²) in [5.74, 6) is -2.52. The molecule has 0 unspecified atom stereocenters. The molecule has 1 aliphatic heterocycles. The van der Waals surface area contributed by atoms with Crippen LogP contribution >= 0.6 is 11.3 Å². The molecule has 0 aromatic carbocycles. The molecule has 1 amide bonds. The number of carboxylic acids is 1. The van der Waals surface area contributed by atoms with Gasteiger partial charge < -0.3 is 20.6 Å². The van der Waals surface area contributed by atoms with Gasteiger partial charge in [-0.3, -0.25) is 9.48 Å². The van der Waals surface area contributed by atoms with Crippen LogP contribution in [0.5, 0.6) is 0 Å². The SMILES string of the molecule is Cn1cc(NC(=O)c2csc3ncc(N4CCNCC5(CC5)C4)nc23)c(C(F)F)n1.O=C(O)C(F)(F)F. The van der Waals surface area contributed by atoms with Gasteiger partial charge >= 0.3 is 12.1 Å². The number of anilines is 2. The fraction of sp³-hybridized carbons (Fsp3) is 0.476. The van der Waals surface area contributed by atoms with Crippen molar-refractivity contribution in [2.24, 2.45) is 12.5 Å². The second-order valence-corrected chi connectivity index (χ2v) is 9.65. The van der Waals surface area contributed by atoms with Gasteiger partial charge in [0, 0.05) is 50.2 Å². The first-order valence-electron chi connectivity index (χ1n) is 11.0. The third-order valence-electron chi connectivity index (χ3n) is 5.93. The number of carbonyl (C=O) groups is 2. The fourth-order valence-corrected chi connectivity index (χ4v) is 4.71. The van der Waals surface area contributed by atoms with Gasteiger partial charge in [0.2, 0.25) is 0 Å². The van der Waals surface area contributed by atoms with Crippen LogP contribution in [0.3, 0.4) is 0 Å². The molecular weight excluding hydrogens is 525 g/mol.